The van der Waals surface area contributed by atoms with Gasteiger partial charge in [-0.05, 0) is 43.3 Å². The quantitative estimate of drug-likeness (QED) is 0.695. The van der Waals surface area contributed by atoms with Gasteiger partial charge in [-0.1, -0.05) is 17.7 Å². The second-order valence-corrected chi connectivity index (χ2v) is 7.93. The maximum Gasteiger partial charge on any atom is 0.262 e. The Balaban J connectivity index is 2.27. The second-order valence-electron chi connectivity index (χ2n) is 5.81. The molecule has 0 fully saturated rings. The summed E-state index contributed by atoms with van der Waals surface area (Å²) in [6.07, 6.45) is 0. The first kappa shape index (κ1) is 21.0. The third-order valence-corrected chi connectivity index (χ3v) is 5.20. The van der Waals surface area contributed by atoms with E-state index >= 15 is 0 Å². The van der Waals surface area contributed by atoms with Crippen molar-refractivity contribution in [2.45, 2.75) is 17.9 Å². The van der Waals surface area contributed by atoms with Crippen molar-refractivity contribution in [3.05, 3.63) is 53.1 Å². The monoisotopic (exact) mass is 412 g/mol. The summed E-state index contributed by atoms with van der Waals surface area (Å²) in [6, 6.07) is 10.1. The average Bonchev–Trinajstić information content (AvgIpc) is 2.62. The zero-order valence-electron chi connectivity index (χ0n) is 15.2. The molecule has 0 spiro atoms. The standard InChI is InChI=1S/C18H21ClN2O5S/c1-12(11-25-2)20-18(22)13-5-4-6-15(9-13)27(23,24)21-16-10-14(19)7-8-17(16)26-3/h4-10,12,21H,11H2,1-3H3,(H,20,22). The molecule has 2 N–H and O–H groups in total. The minimum Gasteiger partial charge on any atom is -0.495 e. The van der Waals surface area contributed by atoms with E-state index in [1.165, 1.54) is 44.6 Å². The van der Waals surface area contributed by atoms with Crippen LogP contribution in [0.25, 0.3) is 0 Å². The van der Waals surface area contributed by atoms with Crippen LogP contribution in [-0.4, -0.2) is 41.2 Å². The predicted molar refractivity (Wildman–Crippen MR) is 104 cm³/mol. The first-order valence-electron chi connectivity index (χ1n) is 8.03. The number of hydrogen-bond acceptors (Lipinski definition) is 5. The summed E-state index contributed by atoms with van der Waals surface area (Å²) in [5.74, 6) is -0.0674. The van der Waals surface area contributed by atoms with Crippen molar-refractivity contribution in [1.82, 2.24) is 5.32 Å². The van der Waals surface area contributed by atoms with Gasteiger partial charge in [0.1, 0.15) is 5.75 Å². The molecule has 7 nitrogen and oxygen atoms in total. The van der Waals surface area contributed by atoms with Crippen LogP contribution < -0.4 is 14.8 Å². The van der Waals surface area contributed by atoms with Crippen molar-refractivity contribution in [1.29, 1.82) is 0 Å². The highest BCUT2D eigenvalue weighted by Crippen LogP contribution is 2.29. The van der Waals surface area contributed by atoms with Crippen LogP contribution in [0.15, 0.2) is 47.4 Å². The molecule has 2 aromatic rings. The molecular formula is C18H21ClN2O5S. The number of ether oxygens (including phenoxy) is 2. The number of sulfonamides is 1. The van der Waals surface area contributed by atoms with E-state index in [4.69, 9.17) is 21.1 Å². The predicted octanol–water partition coefficient (Wildman–Crippen LogP) is 2.91. The van der Waals surface area contributed by atoms with Crippen molar-refractivity contribution in [3.63, 3.8) is 0 Å². The van der Waals surface area contributed by atoms with Crippen molar-refractivity contribution >= 4 is 33.2 Å². The molecule has 0 saturated heterocycles. The molecule has 0 heterocycles. The van der Waals surface area contributed by atoms with E-state index < -0.39 is 15.9 Å². The van der Waals surface area contributed by atoms with Gasteiger partial charge in [-0.3, -0.25) is 9.52 Å². The molecule has 2 rings (SSSR count). The van der Waals surface area contributed by atoms with Crippen LogP contribution in [0.3, 0.4) is 0 Å². The highest BCUT2D eigenvalue weighted by atomic mass is 35.5. The summed E-state index contributed by atoms with van der Waals surface area (Å²) in [7, 11) is -0.994. The van der Waals surface area contributed by atoms with Gasteiger partial charge < -0.3 is 14.8 Å². The van der Waals surface area contributed by atoms with E-state index in [1.807, 2.05) is 0 Å². The molecule has 0 saturated carbocycles. The fraction of sp³-hybridized carbons (Fsp3) is 0.278. The lowest BCUT2D eigenvalue weighted by Crippen LogP contribution is -2.35. The molecule has 1 atom stereocenters. The minimum absolute atomic E-state index is 0.0587. The Bertz CT molecular complexity index is 918. The molecule has 9 heteroatoms. The van der Waals surface area contributed by atoms with Gasteiger partial charge in [-0.15, -0.1) is 0 Å². The smallest absolute Gasteiger partial charge is 0.262 e. The number of anilines is 1. The van der Waals surface area contributed by atoms with Gasteiger partial charge in [-0.25, -0.2) is 8.42 Å². The SMILES string of the molecule is COCC(C)NC(=O)c1cccc(S(=O)(=O)Nc2cc(Cl)ccc2OC)c1. The Labute approximate surface area is 163 Å². The molecule has 146 valence electrons. The number of carbonyl (C=O) groups excluding carboxylic acids is 1. The first-order chi connectivity index (χ1) is 12.8. The number of carbonyl (C=O) groups is 1. The van der Waals surface area contributed by atoms with E-state index in [2.05, 4.69) is 10.0 Å². The third kappa shape index (κ3) is 5.59. The first-order valence-corrected chi connectivity index (χ1v) is 9.89. The van der Waals surface area contributed by atoms with Crippen LogP contribution >= 0.6 is 11.6 Å². The zero-order valence-corrected chi connectivity index (χ0v) is 16.7. The van der Waals surface area contributed by atoms with Gasteiger partial charge in [0, 0.05) is 23.7 Å². The number of methoxy groups -OCH3 is 2. The number of rotatable bonds is 8. The van der Waals surface area contributed by atoms with Gasteiger partial charge >= 0.3 is 0 Å². The summed E-state index contributed by atoms with van der Waals surface area (Å²) in [4.78, 5) is 12.2. The Morgan fingerprint density at radius 1 is 1.19 bits per heavy atom. The van der Waals surface area contributed by atoms with Gasteiger partial charge in [0.2, 0.25) is 0 Å². The van der Waals surface area contributed by atoms with E-state index in [0.29, 0.717) is 17.4 Å². The van der Waals surface area contributed by atoms with Crippen molar-refractivity contribution in [2.24, 2.45) is 0 Å². The molecule has 0 aliphatic rings. The molecular weight excluding hydrogens is 392 g/mol. The van der Waals surface area contributed by atoms with Crippen LogP contribution in [0, 0.1) is 0 Å². The lowest BCUT2D eigenvalue weighted by Gasteiger charge is -2.14. The Hall–Kier alpha value is -2.29. The molecule has 1 unspecified atom stereocenters. The van der Waals surface area contributed by atoms with Crippen LogP contribution in [0.1, 0.15) is 17.3 Å². The van der Waals surface area contributed by atoms with Crippen molar-refractivity contribution in [2.75, 3.05) is 25.5 Å². The number of benzene rings is 2. The highest BCUT2D eigenvalue weighted by Gasteiger charge is 2.19. The van der Waals surface area contributed by atoms with Crippen LogP contribution in [0.5, 0.6) is 5.75 Å². The molecule has 0 radical (unpaired) electrons. The van der Waals surface area contributed by atoms with Crippen LogP contribution in [0.2, 0.25) is 5.02 Å². The number of halogens is 1. The van der Waals surface area contributed by atoms with Crippen LogP contribution in [0.4, 0.5) is 5.69 Å². The second kappa shape index (κ2) is 9.07. The van der Waals surface area contributed by atoms with Gasteiger partial charge in [0.25, 0.3) is 15.9 Å². The molecule has 0 aromatic heterocycles. The number of nitrogens with one attached hydrogen (secondary N) is 2. The van der Waals surface area contributed by atoms with Crippen molar-refractivity contribution < 1.29 is 22.7 Å². The molecule has 27 heavy (non-hydrogen) atoms. The molecule has 0 aliphatic carbocycles. The molecule has 0 aliphatic heterocycles. The third-order valence-electron chi connectivity index (χ3n) is 3.61. The largest absolute Gasteiger partial charge is 0.495 e. The van der Waals surface area contributed by atoms with Crippen molar-refractivity contribution in [3.8, 4) is 5.75 Å². The van der Waals surface area contributed by atoms with Gasteiger partial charge in [0.15, 0.2) is 0 Å². The normalized spacial score (nSPS) is 12.3. The summed E-state index contributed by atoms with van der Waals surface area (Å²) >= 11 is 5.94. The van der Waals surface area contributed by atoms with E-state index in [-0.39, 0.29) is 22.2 Å². The molecule has 1 amide bonds. The fourth-order valence-electron chi connectivity index (χ4n) is 2.37. The zero-order chi connectivity index (χ0) is 20.0. The fourth-order valence-corrected chi connectivity index (χ4v) is 3.65. The van der Waals surface area contributed by atoms with E-state index in [0.717, 1.165) is 0 Å². The van der Waals surface area contributed by atoms with E-state index in [9.17, 15) is 13.2 Å². The average molecular weight is 413 g/mol. The lowest BCUT2D eigenvalue weighted by molar-refractivity contribution is 0.0905. The maximum atomic E-state index is 12.7. The van der Waals surface area contributed by atoms with Gasteiger partial charge in [0.05, 0.1) is 24.3 Å². The number of hydrogen-bond donors (Lipinski definition) is 2. The summed E-state index contributed by atoms with van der Waals surface area (Å²) in [5, 5.41) is 3.09. The Kier molecular flexibility index (Phi) is 7.06. The molecule has 2 aromatic carbocycles. The summed E-state index contributed by atoms with van der Waals surface area (Å²) in [6.45, 7) is 2.13. The summed E-state index contributed by atoms with van der Waals surface area (Å²) < 4.78 is 38.0. The topological polar surface area (TPSA) is 93.7 Å². The lowest BCUT2D eigenvalue weighted by atomic mass is 10.2. The summed E-state index contributed by atoms with van der Waals surface area (Å²) in [5.41, 5.74) is 0.424. The van der Waals surface area contributed by atoms with Gasteiger partial charge in [-0.2, -0.15) is 0 Å². The highest BCUT2D eigenvalue weighted by molar-refractivity contribution is 7.92. The van der Waals surface area contributed by atoms with E-state index in [1.54, 1.807) is 19.1 Å². The maximum absolute atomic E-state index is 12.7. The number of amides is 1. The minimum atomic E-state index is -3.95. The van der Waals surface area contributed by atoms with Crippen LogP contribution in [-0.2, 0) is 14.8 Å². The Morgan fingerprint density at radius 2 is 1.93 bits per heavy atom. The molecule has 0 bridgehead atoms. The Morgan fingerprint density at radius 3 is 2.59 bits per heavy atom.